The van der Waals surface area contributed by atoms with Gasteiger partial charge in [0.2, 0.25) is 11.7 Å². The van der Waals surface area contributed by atoms with E-state index in [1.165, 1.54) is 22.5 Å². The first-order valence-electron chi connectivity index (χ1n) is 8.47. The van der Waals surface area contributed by atoms with Gasteiger partial charge in [-0.05, 0) is 54.0 Å². The van der Waals surface area contributed by atoms with Crippen molar-refractivity contribution in [2.45, 2.75) is 32.9 Å². The number of halogens is 1. The Morgan fingerprint density at radius 1 is 1.15 bits per heavy atom. The molecule has 0 radical (unpaired) electrons. The van der Waals surface area contributed by atoms with E-state index in [0.717, 1.165) is 12.0 Å². The highest BCUT2D eigenvalue weighted by atomic mass is 19.1. The second-order valence-corrected chi connectivity index (χ2v) is 6.03. The van der Waals surface area contributed by atoms with E-state index >= 15 is 0 Å². The lowest BCUT2D eigenvalue weighted by Gasteiger charge is -2.14. The van der Waals surface area contributed by atoms with Crippen LogP contribution in [0.25, 0.3) is 11.4 Å². The fraction of sp³-hybridized carbons (Fsp3) is 0.263. The van der Waals surface area contributed by atoms with Gasteiger partial charge in [-0.3, -0.25) is 4.79 Å². The number of amides is 1. The van der Waals surface area contributed by atoms with E-state index in [2.05, 4.69) is 39.8 Å². The quantitative estimate of drug-likeness (QED) is 0.739. The van der Waals surface area contributed by atoms with Crippen LogP contribution in [-0.2, 0) is 17.8 Å². The second kappa shape index (κ2) is 7.86. The Kier molecular flexibility index (Phi) is 5.36. The van der Waals surface area contributed by atoms with Crippen molar-refractivity contribution in [3.05, 3.63) is 65.5 Å². The normalized spacial score (nSPS) is 12.0. The van der Waals surface area contributed by atoms with Crippen LogP contribution in [0.4, 0.5) is 4.39 Å². The number of nitrogens with one attached hydrogen (secondary N) is 1. The first-order chi connectivity index (χ1) is 12.5. The van der Waals surface area contributed by atoms with E-state index in [4.69, 9.17) is 0 Å². The average Bonchev–Trinajstić information content (AvgIpc) is 3.10. The summed E-state index contributed by atoms with van der Waals surface area (Å²) in [5, 5.41) is 14.9. The molecule has 0 aliphatic heterocycles. The maximum Gasteiger partial charge on any atom is 0.244 e. The van der Waals surface area contributed by atoms with Crippen LogP contribution >= 0.6 is 0 Å². The highest BCUT2D eigenvalue weighted by molar-refractivity contribution is 5.76. The number of carbonyl (C=O) groups is 1. The first-order valence-corrected chi connectivity index (χ1v) is 8.47. The van der Waals surface area contributed by atoms with E-state index in [1.807, 2.05) is 19.1 Å². The SMILES string of the molecule is CCc1ccc([C@H](C)NC(=O)Cn2nnc(-c3ccc(F)cc3)n2)cc1. The summed E-state index contributed by atoms with van der Waals surface area (Å²) in [7, 11) is 0. The molecule has 0 unspecified atom stereocenters. The van der Waals surface area contributed by atoms with Crippen molar-refractivity contribution in [3.63, 3.8) is 0 Å². The molecule has 6 nitrogen and oxygen atoms in total. The average molecular weight is 353 g/mol. The molecule has 0 aliphatic rings. The topological polar surface area (TPSA) is 72.7 Å². The van der Waals surface area contributed by atoms with Crippen molar-refractivity contribution in [2.75, 3.05) is 0 Å². The summed E-state index contributed by atoms with van der Waals surface area (Å²) in [6, 6.07) is 13.8. The van der Waals surface area contributed by atoms with Crippen LogP contribution in [-0.4, -0.2) is 26.1 Å². The predicted molar refractivity (Wildman–Crippen MR) is 95.6 cm³/mol. The third-order valence-corrected chi connectivity index (χ3v) is 4.11. The third kappa shape index (κ3) is 4.30. The number of carbonyl (C=O) groups excluding carboxylic acids is 1. The first kappa shape index (κ1) is 17.7. The van der Waals surface area contributed by atoms with E-state index in [1.54, 1.807) is 12.1 Å². The number of hydrogen-bond donors (Lipinski definition) is 1. The molecule has 0 saturated heterocycles. The van der Waals surface area contributed by atoms with Crippen LogP contribution in [0.5, 0.6) is 0 Å². The number of nitrogens with zero attached hydrogens (tertiary/aromatic N) is 4. The van der Waals surface area contributed by atoms with Gasteiger partial charge >= 0.3 is 0 Å². The van der Waals surface area contributed by atoms with Crippen LogP contribution in [0.1, 0.15) is 31.0 Å². The molecule has 0 spiro atoms. The molecule has 134 valence electrons. The molecule has 1 aromatic heterocycles. The van der Waals surface area contributed by atoms with Crippen molar-refractivity contribution in [1.82, 2.24) is 25.5 Å². The number of hydrogen-bond acceptors (Lipinski definition) is 4. The van der Waals surface area contributed by atoms with Crippen LogP contribution in [0.15, 0.2) is 48.5 Å². The Labute approximate surface area is 151 Å². The molecule has 0 bridgehead atoms. The summed E-state index contributed by atoms with van der Waals surface area (Å²) in [5.41, 5.74) is 2.93. The van der Waals surface area contributed by atoms with Crippen molar-refractivity contribution >= 4 is 5.91 Å². The van der Waals surface area contributed by atoms with E-state index in [-0.39, 0.29) is 24.3 Å². The Morgan fingerprint density at radius 3 is 2.50 bits per heavy atom. The summed E-state index contributed by atoms with van der Waals surface area (Å²) in [6.45, 7) is 3.99. The molecule has 7 heteroatoms. The highest BCUT2D eigenvalue weighted by Gasteiger charge is 2.13. The summed E-state index contributed by atoms with van der Waals surface area (Å²) in [4.78, 5) is 13.4. The van der Waals surface area contributed by atoms with Crippen molar-refractivity contribution in [2.24, 2.45) is 0 Å². The fourth-order valence-electron chi connectivity index (χ4n) is 2.57. The summed E-state index contributed by atoms with van der Waals surface area (Å²) < 4.78 is 13.0. The minimum atomic E-state index is -0.332. The Morgan fingerprint density at radius 2 is 1.85 bits per heavy atom. The van der Waals surface area contributed by atoms with Crippen LogP contribution < -0.4 is 5.32 Å². The number of benzene rings is 2. The molecule has 0 aliphatic carbocycles. The van der Waals surface area contributed by atoms with Crippen molar-refractivity contribution in [3.8, 4) is 11.4 Å². The smallest absolute Gasteiger partial charge is 0.244 e. The molecule has 1 heterocycles. The minimum absolute atomic E-state index is 0.0361. The Bertz CT molecular complexity index is 874. The summed E-state index contributed by atoms with van der Waals surface area (Å²) in [5.74, 6) is -0.192. The van der Waals surface area contributed by atoms with Gasteiger partial charge in [0.25, 0.3) is 0 Å². The third-order valence-electron chi connectivity index (χ3n) is 4.11. The molecule has 1 atom stereocenters. The van der Waals surface area contributed by atoms with Crippen molar-refractivity contribution in [1.29, 1.82) is 0 Å². The molecule has 1 amide bonds. The molecule has 3 rings (SSSR count). The molecule has 1 N–H and O–H groups in total. The van der Waals surface area contributed by atoms with Gasteiger partial charge in [-0.25, -0.2) is 4.39 Å². The predicted octanol–water partition coefficient (Wildman–Crippen LogP) is 2.92. The van der Waals surface area contributed by atoms with Crippen LogP contribution in [0.2, 0.25) is 0 Å². The number of aryl methyl sites for hydroxylation is 1. The van der Waals surface area contributed by atoms with E-state index in [9.17, 15) is 9.18 Å². The zero-order valence-electron chi connectivity index (χ0n) is 14.7. The maximum absolute atomic E-state index is 13.0. The molecule has 2 aromatic carbocycles. The molecule has 26 heavy (non-hydrogen) atoms. The highest BCUT2D eigenvalue weighted by Crippen LogP contribution is 2.15. The molecule has 0 fully saturated rings. The molecule has 3 aromatic rings. The fourth-order valence-corrected chi connectivity index (χ4v) is 2.57. The molecular formula is C19H20FN5O. The summed E-state index contributed by atoms with van der Waals surface area (Å²) >= 11 is 0. The Balaban J connectivity index is 1.60. The lowest BCUT2D eigenvalue weighted by Crippen LogP contribution is -2.30. The lowest BCUT2D eigenvalue weighted by molar-refractivity contribution is -0.122. The van der Waals surface area contributed by atoms with Gasteiger partial charge < -0.3 is 5.32 Å². The number of rotatable bonds is 6. The van der Waals surface area contributed by atoms with Gasteiger partial charge in [0.05, 0.1) is 6.04 Å². The Hall–Kier alpha value is -3.09. The van der Waals surface area contributed by atoms with Gasteiger partial charge in [-0.15, -0.1) is 10.2 Å². The second-order valence-electron chi connectivity index (χ2n) is 6.03. The van der Waals surface area contributed by atoms with Gasteiger partial charge in [-0.1, -0.05) is 31.2 Å². The zero-order chi connectivity index (χ0) is 18.5. The maximum atomic E-state index is 13.0. The van der Waals surface area contributed by atoms with Crippen molar-refractivity contribution < 1.29 is 9.18 Å². The van der Waals surface area contributed by atoms with Crippen LogP contribution in [0.3, 0.4) is 0 Å². The van der Waals surface area contributed by atoms with E-state index < -0.39 is 0 Å². The van der Waals surface area contributed by atoms with Gasteiger partial charge in [0.1, 0.15) is 12.4 Å². The lowest BCUT2D eigenvalue weighted by atomic mass is 10.1. The standard InChI is InChI=1S/C19H20FN5O/c1-3-14-4-6-15(7-5-14)13(2)21-18(26)12-25-23-19(22-24-25)16-8-10-17(20)11-9-16/h4-11,13H,3,12H2,1-2H3,(H,21,26)/t13-/m0/s1. The van der Waals surface area contributed by atoms with Gasteiger partial charge in [0, 0.05) is 5.56 Å². The zero-order valence-corrected chi connectivity index (χ0v) is 14.7. The van der Waals surface area contributed by atoms with Gasteiger partial charge in [-0.2, -0.15) is 4.80 Å². The monoisotopic (exact) mass is 353 g/mol. The number of tetrazole rings is 1. The van der Waals surface area contributed by atoms with Gasteiger partial charge in [0.15, 0.2) is 0 Å². The summed E-state index contributed by atoms with van der Waals surface area (Å²) in [6.07, 6.45) is 0.982. The van der Waals surface area contributed by atoms with Crippen LogP contribution in [0, 0.1) is 5.82 Å². The molecular weight excluding hydrogens is 333 g/mol. The largest absolute Gasteiger partial charge is 0.348 e. The number of aromatic nitrogens is 4. The molecule has 0 saturated carbocycles. The van der Waals surface area contributed by atoms with E-state index in [0.29, 0.717) is 11.4 Å². The minimum Gasteiger partial charge on any atom is -0.348 e.